The third-order valence-corrected chi connectivity index (χ3v) is 4.70. The van der Waals surface area contributed by atoms with Crippen LogP contribution in [0, 0.1) is 13.8 Å². The van der Waals surface area contributed by atoms with Crippen molar-refractivity contribution in [3.05, 3.63) is 57.3 Å². The second kappa shape index (κ2) is 7.58. The SMILES string of the molecule is Cc1ccc(C)c(CC(CCCc2cccs2)NN)c1. The van der Waals surface area contributed by atoms with E-state index in [1.807, 2.05) is 11.3 Å². The average Bonchev–Trinajstić information content (AvgIpc) is 2.94. The zero-order valence-electron chi connectivity index (χ0n) is 12.4. The molecule has 2 aromatic rings. The Morgan fingerprint density at radius 3 is 2.80 bits per heavy atom. The molecule has 1 unspecified atom stereocenters. The molecular weight excluding hydrogens is 264 g/mol. The Hall–Kier alpha value is -1.16. The number of hydrogen-bond acceptors (Lipinski definition) is 3. The highest BCUT2D eigenvalue weighted by Gasteiger charge is 2.10. The van der Waals surface area contributed by atoms with Crippen LogP contribution < -0.4 is 11.3 Å². The Morgan fingerprint density at radius 1 is 1.25 bits per heavy atom. The minimum Gasteiger partial charge on any atom is -0.271 e. The normalized spacial score (nSPS) is 12.6. The first-order chi connectivity index (χ1) is 9.69. The predicted molar refractivity (Wildman–Crippen MR) is 88.0 cm³/mol. The first kappa shape index (κ1) is 15.2. The van der Waals surface area contributed by atoms with Gasteiger partial charge in [-0.15, -0.1) is 11.3 Å². The Kier molecular flexibility index (Phi) is 5.77. The third kappa shape index (κ3) is 4.44. The van der Waals surface area contributed by atoms with Gasteiger partial charge in [0.1, 0.15) is 0 Å². The van der Waals surface area contributed by atoms with Crippen LogP contribution in [0.15, 0.2) is 35.7 Å². The molecule has 0 aliphatic heterocycles. The minimum atomic E-state index is 0.357. The lowest BCUT2D eigenvalue weighted by Crippen LogP contribution is -2.37. The molecule has 0 aliphatic rings. The molecule has 1 aromatic carbocycles. The van der Waals surface area contributed by atoms with Gasteiger partial charge in [0.25, 0.3) is 0 Å². The van der Waals surface area contributed by atoms with E-state index in [4.69, 9.17) is 5.84 Å². The van der Waals surface area contributed by atoms with Crippen molar-refractivity contribution >= 4 is 11.3 Å². The zero-order valence-corrected chi connectivity index (χ0v) is 13.2. The lowest BCUT2D eigenvalue weighted by atomic mass is 9.96. The summed E-state index contributed by atoms with van der Waals surface area (Å²) in [6.45, 7) is 4.32. The molecule has 0 fully saturated rings. The minimum absolute atomic E-state index is 0.357. The van der Waals surface area contributed by atoms with Crippen LogP contribution in [0.25, 0.3) is 0 Å². The van der Waals surface area contributed by atoms with Crippen LogP contribution >= 0.6 is 11.3 Å². The summed E-state index contributed by atoms with van der Waals surface area (Å²) in [6.07, 6.45) is 4.46. The quantitative estimate of drug-likeness (QED) is 0.601. The molecule has 3 N–H and O–H groups in total. The Morgan fingerprint density at radius 2 is 2.10 bits per heavy atom. The van der Waals surface area contributed by atoms with E-state index in [1.165, 1.54) is 28.0 Å². The Balaban J connectivity index is 1.86. The van der Waals surface area contributed by atoms with Crippen LogP contribution in [-0.2, 0) is 12.8 Å². The van der Waals surface area contributed by atoms with E-state index >= 15 is 0 Å². The molecule has 1 aromatic heterocycles. The van der Waals surface area contributed by atoms with Crippen molar-refractivity contribution in [3.8, 4) is 0 Å². The Bertz CT molecular complexity index is 520. The molecule has 2 rings (SSSR count). The molecule has 20 heavy (non-hydrogen) atoms. The zero-order chi connectivity index (χ0) is 14.4. The van der Waals surface area contributed by atoms with E-state index in [9.17, 15) is 0 Å². The van der Waals surface area contributed by atoms with Gasteiger partial charge in [0, 0.05) is 10.9 Å². The van der Waals surface area contributed by atoms with Crippen LogP contribution in [0.1, 0.15) is 34.4 Å². The molecule has 0 bridgehead atoms. The maximum atomic E-state index is 5.72. The fraction of sp³-hybridized carbons (Fsp3) is 0.412. The first-order valence-corrected chi connectivity index (χ1v) is 8.11. The summed E-state index contributed by atoms with van der Waals surface area (Å²) in [5, 5.41) is 2.14. The van der Waals surface area contributed by atoms with Crippen molar-refractivity contribution in [1.29, 1.82) is 0 Å². The molecular formula is C17H24N2S. The first-order valence-electron chi connectivity index (χ1n) is 7.23. The maximum absolute atomic E-state index is 5.72. The van der Waals surface area contributed by atoms with Crippen LogP contribution in [0.3, 0.4) is 0 Å². The maximum Gasteiger partial charge on any atom is 0.0251 e. The average molecular weight is 288 g/mol. The van der Waals surface area contributed by atoms with Crippen LogP contribution in [0.4, 0.5) is 0 Å². The second-order valence-corrected chi connectivity index (χ2v) is 6.50. The lowest BCUT2D eigenvalue weighted by molar-refractivity contribution is 0.476. The van der Waals surface area contributed by atoms with E-state index in [1.54, 1.807) is 0 Å². The summed E-state index contributed by atoms with van der Waals surface area (Å²) >= 11 is 1.84. The number of benzene rings is 1. The molecule has 0 radical (unpaired) electrons. The van der Waals surface area contributed by atoms with Crippen molar-refractivity contribution in [2.24, 2.45) is 5.84 Å². The van der Waals surface area contributed by atoms with Gasteiger partial charge in [-0.05, 0) is 62.1 Å². The highest BCUT2D eigenvalue weighted by Crippen LogP contribution is 2.17. The summed E-state index contributed by atoms with van der Waals surface area (Å²) in [4.78, 5) is 1.47. The molecule has 108 valence electrons. The summed E-state index contributed by atoms with van der Waals surface area (Å²) in [5.74, 6) is 5.72. The van der Waals surface area contributed by atoms with Crippen LogP contribution in [0.2, 0.25) is 0 Å². The van der Waals surface area contributed by atoms with Crippen LogP contribution in [-0.4, -0.2) is 6.04 Å². The number of thiophene rings is 1. The molecule has 2 nitrogen and oxygen atoms in total. The van der Waals surface area contributed by atoms with Crippen LogP contribution in [0.5, 0.6) is 0 Å². The van der Waals surface area contributed by atoms with E-state index in [0.717, 1.165) is 19.3 Å². The van der Waals surface area contributed by atoms with Gasteiger partial charge in [0.2, 0.25) is 0 Å². The summed E-state index contributed by atoms with van der Waals surface area (Å²) in [5.41, 5.74) is 7.06. The fourth-order valence-corrected chi connectivity index (χ4v) is 3.26. The highest BCUT2D eigenvalue weighted by molar-refractivity contribution is 7.09. The molecule has 1 atom stereocenters. The van der Waals surface area contributed by atoms with E-state index in [0.29, 0.717) is 6.04 Å². The molecule has 3 heteroatoms. The van der Waals surface area contributed by atoms with Crippen molar-refractivity contribution in [1.82, 2.24) is 5.43 Å². The summed E-state index contributed by atoms with van der Waals surface area (Å²) in [7, 11) is 0. The number of nitrogens with one attached hydrogen (secondary N) is 1. The monoisotopic (exact) mass is 288 g/mol. The predicted octanol–water partition coefficient (Wildman–Crippen LogP) is 3.76. The summed E-state index contributed by atoms with van der Waals surface area (Å²) in [6, 6.07) is 11.3. The van der Waals surface area contributed by atoms with Gasteiger partial charge < -0.3 is 0 Å². The van der Waals surface area contributed by atoms with Crippen molar-refractivity contribution in [2.75, 3.05) is 0 Å². The van der Waals surface area contributed by atoms with E-state index < -0.39 is 0 Å². The number of aryl methyl sites for hydroxylation is 3. The fourth-order valence-electron chi connectivity index (χ4n) is 2.51. The van der Waals surface area contributed by atoms with E-state index in [2.05, 4.69) is 55.0 Å². The van der Waals surface area contributed by atoms with Gasteiger partial charge in [-0.3, -0.25) is 11.3 Å². The Labute approximate surface area is 126 Å². The van der Waals surface area contributed by atoms with Crippen molar-refractivity contribution < 1.29 is 0 Å². The largest absolute Gasteiger partial charge is 0.271 e. The number of nitrogens with two attached hydrogens (primary N) is 1. The molecule has 0 aliphatic carbocycles. The van der Waals surface area contributed by atoms with Gasteiger partial charge in [0.05, 0.1) is 0 Å². The third-order valence-electron chi connectivity index (χ3n) is 3.76. The van der Waals surface area contributed by atoms with Gasteiger partial charge in [-0.2, -0.15) is 0 Å². The van der Waals surface area contributed by atoms with E-state index in [-0.39, 0.29) is 0 Å². The van der Waals surface area contributed by atoms with Gasteiger partial charge >= 0.3 is 0 Å². The number of hydrazine groups is 1. The second-order valence-electron chi connectivity index (χ2n) is 5.47. The van der Waals surface area contributed by atoms with Crippen molar-refractivity contribution in [3.63, 3.8) is 0 Å². The highest BCUT2D eigenvalue weighted by atomic mass is 32.1. The topological polar surface area (TPSA) is 38.0 Å². The standard InChI is InChI=1S/C17H24N2S/c1-13-8-9-14(2)15(11-13)12-16(19-18)5-3-6-17-7-4-10-20-17/h4,7-11,16,19H,3,5-6,12,18H2,1-2H3. The lowest BCUT2D eigenvalue weighted by Gasteiger charge is -2.17. The van der Waals surface area contributed by atoms with Crippen molar-refractivity contribution in [2.45, 2.75) is 45.6 Å². The summed E-state index contributed by atoms with van der Waals surface area (Å²) < 4.78 is 0. The molecule has 0 saturated carbocycles. The van der Waals surface area contributed by atoms with Gasteiger partial charge in [-0.1, -0.05) is 29.8 Å². The molecule has 0 saturated heterocycles. The molecule has 0 amide bonds. The number of rotatable bonds is 7. The molecule has 0 spiro atoms. The van der Waals surface area contributed by atoms with Gasteiger partial charge in [-0.25, -0.2) is 0 Å². The molecule has 1 heterocycles. The van der Waals surface area contributed by atoms with Gasteiger partial charge in [0.15, 0.2) is 0 Å². The number of hydrogen-bond donors (Lipinski definition) is 2. The smallest absolute Gasteiger partial charge is 0.0251 e.